The summed E-state index contributed by atoms with van der Waals surface area (Å²) in [5.41, 5.74) is 1.86. The lowest BCUT2D eigenvalue weighted by molar-refractivity contribution is -0.115. The summed E-state index contributed by atoms with van der Waals surface area (Å²) in [5.74, 6) is 0.262. The van der Waals surface area contributed by atoms with Crippen molar-refractivity contribution in [2.45, 2.75) is 45.1 Å². The second-order valence-corrected chi connectivity index (χ2v) is 5.30. The van der Waals surface area contributed by atoms with E-state index in [9.17, 15) is 4.79 Å². The second kappa shape index (κ2) is 6.03. The van der Waals surface area contributed by atoms with Crippen molar-refractivity contribution in [2.75, 3.05) is 5.32 Å². The van der Waals surface area contributed by atoms with Crippen molar-refractivity contribution in [1.29, 1.82) is 0 Å². The zero-order chi connectivity index (χ0) is 14.7. The first kappa shape index (κ1) is 13.7. The first-order chi connectivity index (χ1) is 10.3. The van der Waals surface area contributed by atoms with Crippen LogP contribution in [0.5, 0.6) is 0 Å². The molecule has 0 unspecified atom stereocenters. The average molecular weight is 285 g/mol. The number of anilines is 1. The predicted molar refractivity (Wildman–Crippen MR) is 78.9 cm³/mol. The first-order valence-electron chi connectivity index (χ1n) is 7.40. The monoisotopic (exact) mass is 285 g/mol. The van der Waals surface area contributed by atoms with Gasteiger partial charge in [-0.05, 0) is 37.8 Å². The van der Waals surface area contributed by atoms with E-state index in [4.69, 9.17) is 0 Å². The fraction of sp³-hybridized carbons (Fsp3) is 0.467. The van der Waals surface area contributed by atoms with E-state index >= 15 is 0 Å². The molecule has 21 heavy (non-hydrogen) atoms. The van der Waals surface area contributed by atoms with Crippen LogP contribution in [0.25, 0.3) is 0 Å². The van der Waals surface area contributed by atoms with E-state index in [2.05, 4.69) is 20.4 Å². The molecule has 0 aliphatic heterocycles. The smallest absolute Gasteiger partial charge is 0.232 e. The van der Waals surface area contributed by atoms with Crippen LogP contribution in [0.3, 0.4) is 0 Å². The summed E-state index contributed by atoms with van der Waals surface area (Å²) in [5, 5.41) is 7.09. The number of amides is 1. The normalized spacial score (nSPS) is 14.7. The van der Waals surface area contributed by atoms with Crippen molar-refractivity contribution in [1.82, 2.24) is 19.7 Å². The summed E-state index contributed by atoms with van der Waals surface area (Å²) in [7, 11) is 0. The number of nitrogens with one attached hydrogen (secondary N) is 1. The maximum Gasteiger partial charge on any atom is 0.232 e. The molecule has 0 bridgehead atoms. The third-order valence-electron chi connectivity index (χ3n) is 3.84. The van der Waals surface area contributed by atoms with Gasteiger partial charge in [0.1, 0.15) is 0 Å². The van der Waals surface area contributed by atoms with Gasteiger partial charge >= 0.3 is 0 Å². The molecular formula is C15H19N5O. The molecule has 1 N–H and O–H groups in total. The van der Waals surface area contributed by atoms with E-state index in [-0.39, 0.29) is 5.91 Å². The van der Waals surface area contributed by atoms with Gasteiger partial charge in [0.2, 0.25) is 11.9 Å². The van der Waals surface area contributed by atoms with Crippen LogP contribution in [0.15, 0.2) is 24.5 Å². The highest BCUT2D eigenvalue weighted by Crippen LogP contribution is 2.31. The van der Waals surface area contributed by atoms with Gasteiger partial charge < -0.3 is 0 Å². The van der Waals surface area contributed by atoms with E-state index in [1.807, 2.05) is 23.7 Å². The van der Waals surface area contributed by atoms with Crippen LogP contribution in [0, 0.1) is 0 Å². The number of nitrogens with zero attached hydrogens (tertiary/aromatic N) is 4. The maximum absolute atomic E-state index is 12.1. The number of carbonyl (C=O) groups is 1. The Bertz CT molecular complexity index is 632. The SMILES string of the molecule is CCc1ccnc(NC(=O)Cc2ccnn2C2CCC2)n1. The molecule has 0 radical (unpaired) electrons. The molecular weight excluding hydrogens is 266 g/mol. The quantitative estimate of drug-likeness (QED) is 0.913. The van der Waals surface area contributed by atoms with Crippen molar-refractivity contribution in [2.24, 2.45) is 0 Å². The molecule has 1 aliphatic rings. The highest BCUT2D eigenvalue weighted by Gasteiger charge is 2.22. The van der Waals surface area contributed by atoms with Gasteiger partial charge in [0.05, 0.1) is 12.5 Å². The summed E-state index contributed by atoms with van der Waals surface area (Å²) < 4.78 is 1.98. The van der Waals surface area contributed by atoms with Gasteiger partial charge in [0.25, 0.3) is 0 Å². The number of rotatable bonds is 5. The third-order valence-corrected chi connectivity index (χ3v) is 3.84. The molecule has 0 spiro atoms. The highest BCUT2D eigenvalue weighted by atomic mass is 16.1. The molecule has 6 nitrogen and oxygen atoms in total. The standard InChI is InChI=1S/C15H19N5O/c1-2-11-6-8-16-15(18-11)19-14(21)10-13-7-9-17-20(13)12-4-3-5-12/h6-9,12H,2-5,10H2,1H3,(H,16,18,19,21). The van der Waals surface area contributed by atoms with Gasteiger partial charge in [0.15, 0.2) is 0 Å². The van der Waals surface area contributed by atoms with Crippen LogP contribution in [0.2, 0.25) is 0 Å². The van der Waals surface area contributed by atoms with Crippen molar-refractivity contribution in [3.63, 3.8) is 0 Å². The lowest BCUT2D eigenvalue weighted by Gasteiger charge is -2.27. The van der Waals surface area contributed by atoms with E-state index in [0.717, 1.165) is 30.7 Å². The molecule has 3 rings (SSSR count). The molecule has 1 aliphatic carbocycles. The number of aryl methyl sites for hydroxylation is 1. The Kier molecular flexibility index (Phi) is 3.94. The number of aromatic nitrogens is 4. The Labute approximate surface area is 123 Å². The van der Waals surface area contributed by atoms with Gasteiger partial charge in [-0.1, -0.05) is 6.92 Å². The van der Waals surface area contributed by atoms with Gasteiger partial charge in [-0.2, -0.15) is 5.10 Å². The number of carbonyl (C=O) groups excluding carboxylic acids is 1. The van der Waals surface area contributed by atoms with Crippen LogP contribution in [-0.4, -0.2) is 25.7 Å². The molecule has 2 aromatic rings. The molecule has 1 saturated carbocycles. The summed E-state index contributed by atoms with van der Waals surface area (Å²) >= 11 is 0. The zero-order valence-corrected chi connectivity index (χ0v) is 12.1. The molecule has 2 heterocycles. The van der Waals surface area contributed by atoms with Gasteiger partial charge in [-0.3, -0.25) is 14.8 Å². The molecule has 110 valence electrons. The molecule has 1 amide bonds. The lowest BCUT2D eigenvalue weighted by atomic mass is 9.93. The number of hydrogen-bond donors (Lipinski definition) is 1. The topological polar surface area (TPSA) is 72.7 Å². The largest absolute Gasteiger partial charge is 0.294 e. The molecule has 0 saturated heterocycles. The summed E-state index contributed by atoms with van der Waals surface area (Å²) in [6.07, 6.45) is 8.09. The molecule has 0 atom stereocenters. The molecule has 2 aromatic heterocycles. The summed E-state index contributed by atoms with van der Waals surface area (Å²) in [6, 6.07) is 4.21. The Morgan fingerprint density at radius 3 is 2.95 bits per heavy atom. The van der Waals surface area contributed by atoms with E-state index < -0.39 is 0 Å². The van der Waals surface area contributed by atoms with Crippen LogP contribution in [0.1, 0.15) is 43.6 Å². The molecule has 6 heteroatoms. The second-order valence-electron chi connectivity index (χ2n) is 5.30. The zero-order valence-electron chi connectivity index (χ0n) is 12.1. The minimum absolute atomic E-state index is 0.107. The van der Waals surface area contributed by atoms with E-state index in [1.54, 1.807) is 12.4 Å². The highest BCUT2D eigenvalue weighted by molar-refractivity contribution is 5.90. The minimum atomic E-state index is -0.107. The van der Waals surface area contributed by atoms with E-state index in [0.29, 0.717) is 18.4 Å². The molecule has 0 aromatic carbocycles. The maximum atomic E-state index is 12.1. The summed E-state index contributed by atoms with van der Waals surface area (Å²) in [4.78, 5) is 20.5. The fourth-order valence-corrected chi connectivity index (χ4v) is 2.43. The molecule has 1 fully saturated rings. The minimum Gasteiger partial charge on any atom is -0.294 e. The van der Waals surface area contributed by atoms with Gasteiger partial charge in [0, 0.05) is 23.8 Å². The van der Waals surface area contributed by atoms with Crippen molar-refractivity contribution < 1.29 is 4.79 Å². The van der Waals surface area contributed by atoms with Gasteiger partial charge in [-0.25, -0.2) is 9.97 Å². The fourth-order valence-electron chi connectivity index (χ4n) is 2.43. The Balaban J connectivity index is 1.65. The summed E-state index contributed by atoms with van der Waals surface area (Å²) in [6.45, 7) is 2.02. The van der Waals surface area contributed by atoms with E-state index in [1.165, 1.54) is 6.42 Å². The van der Waals surface area contributed by atoms with Crippen LogP contribution in [0.4, 0.5) is 5.95 Å². The van der Waals surface area contributed by atoms with Crippen LogP contribution in [-0.2, 0) is 17.6 Å². The Hall–Kier alpha value is -2.24. The average Bonchev–Trinajstić information content (AvgIpc) is 2.85. The predicted octanol–water partition coefficient (Wildman–Crippen LogP) is 2.14. The number of hydrogen-bond acceptors (Lipinski definition) is 4. The Morgan fingerprint density at radius 2 is 2.24 bits per heavy atom. The third kappa shape index (κ3) is 3.09. The van der Waals surface area contributed by atoms with Gasteiger partial charge in [-0.15, -0.1) is 0 Å². The van der Waals surface area contributed by atoms with Crippen LogP contribution < -0.4 is 5.32 Å². The van der Waals surface area contributed by atoms with Crippen molar-refractivity contribution in [3.05, 3.63) is 35.9 Å². The first-order valence-corrected chi connectivity index (χ1v) is 7.40. The Morgan fingerprint density at radius 1 is 1.38 bits per heavy atom. The van der Waals surface area contributed by atoms with Crippen LogP contribution >= 0.6 is 0 Å². The van der Waals surface area contributed by atoms with Crippen molar-refractivity contribution in [3.8, 4) is 0 Å². The lowest BCUT2D eigenvalue weighted by Crippen LogP contribution is -2.23. The van der Waals surface area contributed by atoms with Crippen molar-refractivity contribution >= 4 is 11.9 Å².